The van der Waals surface area contributed by atoms with Crippen molar-refractivity contribution >= 4 is 46.4 Å². The third-order valence-electron chi connectivity index (χ3n) is 0.278. The summed E-state index contributed by atoms with van der Waals surface area (Å²) in [5, 5.41) is 2.58. The van der Waals surface area contributed by atoms with Crippen LogP contribution in [0.4, 0.5) is 0 Å². The Morgan fingerprint density at radius 1 is 1.50 bits per heavy atom. The standard InChI is InChI=1S/C3H5NS3.K/c1-2(5)4-3(6)7;/h1H3,(H2,4,5,6,7);/q;+1/p-1. The van der Waals surface area contributed by atoms with Gasteiger partial charge in [-0.05, 0) is 6.92 Å². The summed E-state index contributed by atoms with van der Waals surface area (Å²) in [5.74, 6) is 0. The molecule has 0 heterocycles. The summed E-state index contributed by atoms with van der Waals surface area (Å²) in [7, 11) is 0. The maximum Gasteiger partial charge on any atom is 1.00 e. The minimum absolute atomic E-state index is 0. The van der Waals surface area contributed by atoms with Crippen molar-refractivity contribution in [2.75, 3.05) is 0 Å². The van der Waals surface area contributed by atoms with E-state index in [4.69, 9.17) is 0 Å². The first kappa shape index (κ1) is 12.5. The van der Waals surface area contributed by atoms with Crippen LogP contribution in [0, 0.1) is 0 Å². The van der Waals surface area contributed by atoms with Gasteiger partial charge in [-0.15, -0.1) is 0 Å². The van der Waals surface area contributed by atoms with Crippen molar-refractivity contribution in [1.82, 2.24) is 5.32 Å². The van der Waals surface area contributed by atoms with Crippen LogP contribution in [0.25, 0.3) is 0 Å². The second-order valence-corrected chi connectivity index (χ2v) is 2.66. The first-order valence-corrected chi connectivity index (χ1v) is 2.84. The van der Waals surface area contributed by atoms with Crippen molar-refractivity contribution in [3.05, 3.63) is 0 Å². The predicted molar refractivity (Wildman–Crippen MR) is 41.4 cm³/mol. The van der Waals surface area contributed by atoms with Crippen molar-refractivity contribution in [3.8, 4) is 0 Å². The summed E-state index contributed by atoms with van der Waals surface area (Å²) in [4.78, 5) is 0.625. The quantitative estimate of drug-likeness (QED) is 0.263. The second kappa shape index (κ2) is 6.95. The first-order chi connectivity index (χ1) is 3.13. The fraction of sp³-hybridized carbons (Fsp3) is 0.333. The van der Waals surface area contributed by atoms with Crippen LogP contribution < -0.4 is 56.7 Å². The van der Waals surface area contributed by atoms with Gasteiger partial charge in [0.25, 0.3) is 0 Å². The van der Waals surface area contributed by atoms with E-state index in [2.05, 4.69) is 42.4 Å². The van der Waals surface area contributed by atoms with Gasteiger partial charge in [0.1, 0.15) is 0 Å². The van der Waals surface area contributed by atoms with Crippen LogP contribution in [-0.2, 0) is 12.6 Å². The third kappa shape index (κ3) is 10.8. The van der Waals surface area contributed by atoms with E-state index in [1.165, 1.54) is 0 Å². The van der Waals surface area contributed by atoms with Gasteiger partial charge in [-0.2, -0.15) is 0 Å². The molecule has 0 aromatic rings. The maximum atomic E-state index is 4.61. The number of hydrogen-bond donors (Lipinski definition) is 1. The monoisotopic (exact) mass is 189 g/mol. The Kier molecular flexibility index (Phi) is 10.9. The molecule has 0 unspecified atom stereocenters. The van der Waals surface area contributed by atoms with Crippen molar-refractivity contribution in [1.29, 1.82) is 0 Å². The van der Waals surface area contributed by atoms with E-state index >= 15 is 0 Å². The minimum Gasteiger partial charge on any atom is -0.411 e. The van der Waals surface area contributed by atoms with Crippen molar-refractivity contribution in [2.45, 2.75) is 6.92 Å². The fourth-order valence-electron chi connectivity index (χ4n) is 0.144. The molecule has 0 aromatic carbocycles. The molecule has 0 aliphatic carbocycles. The topological polar surface area (TPSA) is 12.0 Å². The summed E-state index contributed by atoms with van der Waals surface area (Å²) >= 11 is 13.6. The SMILES string of the molecule is CC(=S)NC(=S)[S-].[K+]. The van der Waals surface area contributed by atoms with Gasteiger partial charge in [0, 0.05) is 0 Å². The first-order valence-electron chi connectivity index (χ1n) is 1.61. The van der Waals surface area contributed by atoms with E-state index in [1.807, 2.05) is 0 Å². The van der Waals surface area contributed by atoms with Gasteiger partial charge in [-0.25, -0.2) is 0 Å². The van der Waals surface area contributed by atoms with Crippen molar-refractivity contribution < 1.29 is 51.4 Å². The minimum atomic E-state index is 0. The molecule has 0 aromatic heterocycles. The largest absolute Gasteiger partial charge is 1.00 e. The molecule has 0 saturated carbocycles. The Bertz CT molecular complexity index is 90.7. The Morgan fingerprint density at radius 3 is 1.88 bits per heavy atom. The molecule has 0 amide bonds. The van der Waals surface area contributed by atoms with Gasteiger partial charge in [-0.3, -0.25) is 0 Å². The van der Waals surface area contributed by atoms with E-state index < -0.39 is 0 Å². The van der Waals surface area contributed by atoms with Crippen LogP contribution >= 0.6 is 24.4 Å². The molecule has 1 nitrogen and oxygen atoms in total. The Labute approximate surface area is 108 Å². The summed E-state index contributed by atoms with van der Waals surface area (Å²) in [5.41, 5.74) is 0. The van der Waals surface area contributed by atoms with Gasteiger partial charge in [0.05, 0.1) is 4.99 Å². The fourth-order valence-corrected chi connectivity index (χ4v) is 0.681. The Morgan fingerprint density at radius 2 is 1.88 bits per heavy atom. The van der Waals surface area contributed by atoms with Gasteiger partial charge in [0.2, 0.25) is 0 Å². The van der Waals surface area contributed by atoms with Crippen molar-refractivity contribution in [3.63, 3.8) is 0 Å². The number of nitrogens with one attached hydrogen (secondary N) is 1. The molecule has 0 atom stereocenters. The molecule has 40 valence electrons. The smallest absolute Gasteiger partial charge is 0.411 e. The molecule has 0 radical (unpaired) electrons. The van der Waals surface area contributed by atoms with Crippen LogP contribution in [0.1, 0.15) is 6.92 Å². The number of thiocarbonyl (C=S) groups is 2. The van der Waals surface area contributed by atoms with E-state index in [-0.39, 0.29) is 51.4 Å². The van der Waals surface area contributed by atoms with Gasteiger partial charge in [0.15, 0.2) is 0 Å². The summed E-state index contributed by atoms with van der Waals surface area (Å²) < 4.78 is 0.313. The van der Waals surface area contributed by atoms with E-state index in [0.29, 0.717) is 9.31 Å². The van der Waals surface area contributed by atoms with Crippen LogP contribution in [0.2, 0.25) is 0 Å². The average molecular weight is 189 g/mol. The molecular formula is C3H4KNS3. The summed E-state index contributed by atoms with van der Waals surface area (Å²) in [6.07, 6.45) is 0. The molecule has 0 spiro atoms. The van der Waals surface area contributed by atoms with E-state index in [9.17, 15) is 0 Å². The van der Waals surface area contributed by atoms with E-state index in [0.717, 1.165) is 0 Å². The molecule has 8 heavy (non-hydrogen) atoms. The average Bonchev–Trinajstić information content (AvgIpc) is 1.27. The van der Waals surface area contributed by atoms with Gasteiger partial charge < -0.3 is 30.2 Å². The van der Waals surface area contributed by atoms with Crippen LogP contribution in [0.15, 0.2) is 0 Å². The van der Waals surface area contributed by atoms with Crippen LogP contribution in [0.3, 0.4) is 0 Å². The molecule has 0 saturated heterocycles. The maximum absolute atomic E-state index is 4.61. The van der Waals surface area contributed by atoms with Gasteiger partial charge in [-0.1, -0.05) is 16.5 Å². The Balaban J connectivity index is 0. The number of rotatable bonds is 0. The molecular weight excluding hydrogens is 185 g/mol. The summed E-state index contributed by atoms with van der Waals surface area (Å²) in [6.45, 7) is 1.73. The second-order valence-electron chi connectivity index (χ2n) is 0.969. The zero-order chi connectivity index (χ0) is 5.86. The van der Waals surface area contributed by atoms with Crippen LogP contribution in [-0.4, -0.2) is 9.31 Å². The summed E-state index contributed by atoms with van der Waals surface area (Å²) in [6, 6.07) is 0. The Hall–Kier alpha value is 1.84. The molecule has 5 heteroatoms. The van der Waals surface area contributed by atoms with E-state index in [1.54, 1.807) is 6.92 Å². The van der Waals surface area contributed by atoms with Crippen molar-refractivity contribution in [2.24, 2.45) is 0 Å². The zero-order valence-electron chi connectivity index (χ0n) is 4.72. The molecule has 1 N–H and O–H groups in total. The normalized spacial score (nSPS) is 6.62. The number of hydrogen-bond acceptors (Lipinski definition) is 3. The molecule has 0 fully saturated rings. The van der Waals surface area contributed by atoms with Crippen LogP contribution in [0.5, 0.6) is 0 Å². The molecule has 0 rings (SSSR count). The van der Waals surface area contributed by atoms with Gasteiger partial charge >= 0.3 is 51.4 Å². The zero-order valence-corrected chi connectivity index (χ0v) is 10.3. The predicted octanol–water partition coefficient (Wildman–Crippen LogP) is -2.24. The molecule has 0 aliphatic heterocycles. The molecule has 0 bridgehead atoms. The molecule has 0 aliphatic rings. The third-order valence-corrected chi connectivity index (χ3v) is 0.584.